The van der Waals surface area contributed by atoms with E-state index >= 15 is 0 Å². The maximum atomic E-state index is 11.9. The van der Waals surface area contributed by atoms with Crippen LogP contribution in [0.4, 0.5) is 0 Å². The van der Waals surface area contributed by atoms with Crippen LogP contribution in [0.1, 0.15) is 23.2 Å². The number of carbonyl (C=O) groups excluding carboxylic acids is 1. The van der Waals surface area contributed by atoms with Crippen molar-refractivity contribution in [3.8, 4) is 0 Å². The molecule has 0 radical (unpaired) electrons. The summed E-state index contributed by atoms with van der Waals surface area (Å²) in [5.74, 6) is 0.322. The van der Waals surface area contributed by atoms with Gasteiger partial charge in [-0.1, -0.05) is 18.2 Å². The molecule has 4 heteroatoms. The van der Waals surface area contributed by atoms with Crippen LogP contribution in [0.3, 0.4) is 0 Å². The highest BCUT2D eigenvalue weighted by Gasteiger charge is 2.22. The number of hydrogen-bond acceptors (Lipinski definition) is 2. The number of para-hydroxylation sites is 1. The largest absolute Gasteiger partial charge is 0.352 e. The van der Waals surface area contributed by atoms with Gasteiger partial charge in [0.2, 0.25) is 0 Å². The number of aromatic nitrogens is 1. The topological polar surface area (TPSA) is 62.0 Å². The molecule has 0 bridgehead atoms. The number of aromatic amines is 1. The second kappa shape index (κ2) is 4.29. The van der Waals surface area contributed by atoms with Crippen molar-refractivity contribution in [1.29, 1.82) is 0 Å². The number of rotatable bonds is 3. The molecule has 1 amide bonds. The van der Waals surface area contributed by atoms with E-state index in [9.17, 15) is 9.59 Å². The van der Waals surface area contributed by atoms with Crippen molar-refractivity contribution in [3.63, 3.8) is 0 Å². The number of amides is 1. The molecule has 1 aromatic carbocycles. The molecular formula is C14H14N2O2. The van der Waals surface area contributed by atoms with E-state index in [2.05, 4.69) is 10.3 Å². The summed E-state index contributed by atoms with van der Waals surface area (Å²) in [6.45, 7) is 0.672. The van der Waals surface area contributed by atoms with Crippen molar-refractivity contribution < 1.29 is 4.79 Å². The summed E-state index contributed by atoms with van der Waals surface area (Å²) in [7, 11) is 0. The number of H-pyrrole nitrogens is 1. The van der Waals surface area contributed by atoms with Gasteiger partial charge in [0.15, 0.2) is 0 Å². The standard InChI is InChI=1S/C14H14N2O2/c17-13(15-8-9-5-6-9)11-7-10-3-1-2-4-12(10)16-14(11)18/h1-4,7,9H,5-6,8H2,(H,15,17)(H,16,18). The second-order valence-corrected chi connectivity index (χ2v) is 4.75. The molecule has 1 aliphatic rings. The minimum atomic E-state index is -0.331. The van der Waals surface area contributed by atoms with Crippen LogP contribution in [-0.2, 0) is 0 Å². The average Bonchev–Trinajstić information content (AvgIpc) is 3.19. The van der Waals surface area contributed by atoms with Gasteiger partial charge in [-0.2, -0.15) is 0 Å². The van der Waals surface area contributed by atoms with E-state index in [4.69, 9.17) is 0 Å². The molecule has 0 saturated heterocycles. The van der Waals surface area contributed by atoms with Crippen LogP contribution in [0.2, 0.25) is 0 Å². The molecule has 1 heterocycles. The summed E-state index contributed by atoms with van der Waals surface area (Å²) in [6, 6.07) is 9.08. The molecule has 4 nitrogen and oxygen atoms in total. The molecule has 0 atom stereocenters. The first kappa shape index (κ1) is 11.0. The lowest BCUT2D eigenvalue weighted by Crippen LogP contribution is -2.30. The number of pyridine rings is 1. The predicted octanol–water partition coefficient (Wildman–Crippen LogP) is 1.67. The summed E-state index contributed by atoms with van der Waals surface area (Å²) < 4.78 is 0. The number of carbonyl (C=O) groups is 1. The molecule has 3 rings (SSSR count). The van der Waals surface area contributed by atoms with E-state index in [1.807, 2.05) is 24.3 Å². The van der Waals surface area contributed by atoms with E-state index in [1.54, 1.807) is 6.07 Å². The Morgan fingerprint density at radius 1 is 1.33 bits per heavy atom. The van der Waals surface area contributed by atoms with Gasteiger partial charge in [-0.15, -0.1) is 0 Å². The number of fused-ring (bicyclic) bond motifs is 1. The fourth-order valence-corrected chi connectivity index (χ4v) is 1.97. The number of hydrogen-bond donors (Lipinski definition) is 2. The third kappa shape index (κ3) is 2.14. The highest BCUT2D eigenvalue weighted by atomic mass is 16.2. The van der Waals surface area contributed by atoms with Gasteiger partial charge < -0.3 is 10.3 Å². The summed E-state index contributed by atoms with van der Waals surface area (Å²) in [4.78, 5) is 26.5. The monoisotopic (exact) mass is 242 g/mol. The zero-order valence-corrected chi connectivity index (χ0v) is 9.90. The minimum absolute atomic E-state index is 0.189. The van der Waals surface area contributed by atoms with Crippen LogP contribution < -0.4 is 10.9 Å². The maximum Gasteiger partial charge on any atom is 0.261 e. The molecule has 2 N–H and O–H groups in total. The zero-order valence-electron chi connectivity index (χ0n) is 9.90. The van der Waals surface area contributed by atoms with Crippen molar-refractivity contribution >= 4 is 16.8 Å². The number of benzene rings is 1. The second-order valence-electron chi connectivity index (χ2n) is 4.75. The van der Waals surface area contributed by atoms with Crippen molar-refractivity contribution in [2.75, 3.05) is 6.54 Å². The predicted molar refractivity (Wildman–Crippen MR) is 69.6 cm³/mol. The van der Waals surface area contributed by atoms with Crippen LogP contribution in [0, 0.1) is 5.92 Å². The molecule has 92 valence electrons. The Morgan fingerprint density at radius 2 is 2.11 bits per heavy atom. The lowest BCUT2D eigenvalue weighted by Gasteiger charge is -2.04. The van der Waals surface area contributed by atoms with Gasteiger partial charge in [0, 0.05) is 12.1 Å². The van der Waals surface area contributed by atoms with Crippen LogP contribution in [0.5, 0.6) is 0 Å². The summed E-state index contributed by atoms with van der Waals surface area (Å²) in [5.41, 5.74) is 0.609. The van der Waals surface area contributed by atoms with Gasteiger partial charge >= 0.3 is 0 Å². The molecule has 0 spiro atoms. The molecule has 2 aromatic rings. The van der Waals surface area contributed by atoms with E-state index in [0.717, 1.165) is 10.9 Å². The Bertz CT molecular complexity index is 656. The van der Waals surface area contributed by atoms with Gasteiger partial charge in [-0.3, -0.25) is 9.59 Å². The molecular weight excluding hydrogens is 228 g/mol. The van der Waals surface area contributed by atoms with Gasteiger partial charge in [-0.25, -0.2) is 0 Å². The van der Waals surface area contributed by atoms with E-state index < -0.39 is 0 Å². The summed E-state index contributed by atoms with van der Waals surface area (Å²) in [5, 5.41) is 3.68. The maximum absolute atomic E-state index is 11.9. The van der Waals surface area contributed by atoms with Gasteiger partial charge in [0.1, 0.15) is 5.56 Å². The third-order valence-corrected chi connectivity index (χ3v) is 3.25. The highest BCUT2D eigenvalue weighted by Crippen LogP contribution is 2.27. The van der Waals surface area contributed by atoms with E-state index in [0.29, 0.717) is 12.5 Å². The fraction of sp³-hybridized carbons (Fsp3) is 0.286. The Kier molecular flexibility index (Phi) is 2.63. The normalized spacial score (nSPS) is 14.7. The Labute approximate surface area is 104 Å². The molecule has 1 aliphatic carbocycles. The Hall–Kier alpha value is -2.10. The van der Waals surface area contributed by atoms with Crippen molar-refractivity contribution in [3.05, 3.63) is 46.2 Å². The smallest absolute Gasteiger partial charge is 0.261 e. The van der Waals surface area contributed by atoms with E-state index in [-0.39, 0.29) is 17.0 Å². The molecule has 1 saturated carbocycles. The Balaban J connectivity index is 1.92. The fourth-order valence-electron chi connectivity index (χ4n) is 1.97. The SMILES string of the molecule is O=C(NCC1CC1)c1cc2ccccc2[nH]c1=O. The lowest BCUT2D eigenvalue weighted by molar-refractivity contribution is 0.0950. The zero-order chi connectivity index (χ0) is 12.5. The molecule has 0 aliphatic heterocycles. The first-order chi connectivity index (χ1) is 8.74. The van der Waals surface area contributed by atoms with Gasteiger partial charge in [-0.05, 0) is 36.3 Å². The molecule has 1 fully saturated rings. The molecule has 1 aromatic heterocycles. The first-order valence-corrected chi connectivity index (χ1v) is 6.14. The third-order valence-electron chi connectivity index (χ3n) is 3.25. The van der Waals surface area contributed by atoms with Crippen molar-refractivity contribution in [1.82, 2.24) is 10.3 Å². The molecule has 0 unspecified atom stereocenters. The van der Waals surface area contributed by atoms with Crippen LogP contribution >= 0.6 is 0 Å². The minimum Gasteiger partial charge on any atom is -0.352 e. The summed E-state index contributed by atoms with van der Waals surface area (Å²) >= 11 is 0. The van der Waals surface area contributed by atoms with Gasteiger partial charge in [0.25, 0.3) is 11.5 Å². The van der Waals surface area contributed by atoms with Crippen LogP contribution in [-0.4, -0.2) is 17.4 Å². The Morgan fingerprint density at radius 3 is 2.89 bits per heavy atom. The lowest BCUT2D eigenvalue weighted by atomic mass is 10.1. The van der Waals surface area contributed by atoms with Crippen molar-refractivity contribution in [2.24, 2.45) is 5.92 Å². The highest BCUT2D eigenvalue weighted by molar-refractivity contribution is 5.97. The van der Waals surface area contributed by atoms with Gasteiger partial charge in [0.05, 0.1) is 0 Å². The van der Waals surface area contributed by atoms with E-state index in [1.165, 1.54) is 12.8 Å². The van der Waals surface area contributed by atoms with Crippen LogP contribution in [0.15, 0.2) is 35.1 Å². The molecule has 18 heavy (non-hydrogen) atoms. The first-order valence-electron chi connectivity index (χ1n) is 6.14. The average molecular weight is 242 g/mol. The number of nitrogens with one attached hydrogen (secondary N) is 2. The quantitative estimate of drug-likeness (QED) is 0.860. The van der Waals surface area contributed by atoms with Crippen LogP contribution in [0.25, 0.3) is 10.9 Å². The summed E-state index contributed by atoms with van der Waals surface area (Å²) in [6.07, 6.45) is 2.35. The van der Waals surface area contributed by atoms with Crippen molar-refractivity contribution in [2.45, 2.75) is 12.8 Å².